The van der Waals surface area contributed by atoms with Gasteiger partial charge in [-0.3, -0.25) is 9.69 Å². The van der Waals surface area contributed by atoms with E-state index in [-0.39, 0.29) is 5.91 Å². The Hall–Kier alpha value is -3.22. The Kier molecular flexibility index (Phi) is 7.93. The summed E-state index contributed by atoms with van der Waals surface area (Å²) in [6, 6.07) is 22.0. The molecular weight excluding hydrogens is 450 g/mol. The Morgan fingerprint density at radius 3 is 2.26 bits per heavy atom. The molecule has 7 heteroatoms. The predicted molar refractivity (Wildman–Crippen MR) is 136 cm³/mol. The third-order valence-corrected chi connectivity index (χ3v) is 6.42. The van der Waals surface area contributed by atoms with Gasteiger partial charge in [0, 0.05) is 50.5 Å². The summed E-state index contributed by atoms with van der Waals surface area (Å²) < 4.78 is 10.6. The van der Waals surface area contributed by atoms with E-state index in [9.17, 15) is 4.79 Å². The van der Waals surface area contributed by atoms with Crippen LogP contribution in [0.15, 0.2) is 66.7 Å². The molecule has 1 amide bonds. The van der Waals surface area contributed by atoms with Gasteiger partial charge >= 0.3 is 0 Å². The highest BCUT2D eigenvalue weighted by atomic mass is 35.5. The van der Waals surface area contributed by atoms with Crippen LogP contribution in [0.25, 0.3) is 0 Å². The van der Waals surface area contributed by atoms with Crippen LogP contribution in [0.1, 0.15) is 21.5 Å². The molecule has 0 aromatic heterocycles. The molecule has 4 rings (SSSR count). The Morgan fingerprint density at radius 1 is 0.912 bits per heavy atom. The highest BCUT2D eigenvalue weighted by molar-refractivity contribution is 6.32. The van der Waals surface area contributed by atoms with Crippen molar-refractivity contribution in [3.05, 3.63) is 88.4 Å². The number of anilines is 1. The van der Waals surface area contributed by atoms with Gasteiger partial charge in [0.2, 0.25) is 0 Å². The summed E-state index contributed by atoms with van der Waals surface area (Å²) in [5, 5.41) is 3.35. The molecule has 1 aliphatic rings. The van der Waals surface area contributed by atoms with Gasteiger partial charge in [-0.2, -0.15) is 0 Å². The van der Waals surface area contributed by atoms with Crippen molar-refractivity contribution in [1.82, 2.24) is 10.2 Å². The fourth-order valence-corrected chi connectivity index (χ4v) is 4.54. The summed E-state index contributed by atoms with van der Waals surface area (Å²) >= 11 is 6.26. The number of ether oxygens (including phenoxy) is 2. The summed E-state index contributed by atoms with van der Waals surface area (Å²) in [7, 11) is 3.04. The van der Waals surface area contributed by atoms with Gasteiger partial charge in [-0.1, -0.05) is 54.1 Å². The molecule has 34 heavy (non-hydrogen) atoms. The Morgan fingerprint density at radius 2 is 1.59 bits per heavy atom. The molecule has 1 aliphatic heterocycles. The number of para-hydroxylation sites is 1. The minimum absolute atomic E-state index is 0.214. The van der Waals surface area contributed by atoms with Gasteiger partial charge in [-0.05, 0) is 35.4 Å². The number of carbonyl (C=O) groups excluding carboxylic acids is 1. The number of nitrogens with one attached hydrogen (secondary N) is 1. The van der Waals surface area contributed by atoms with Crippen LogP contribution in [0.2, 0.25) is 5.02 Å². The van der Waals surface area contributed by atoms with Gasteiger partial charge < -0.3 is 19.7 Å². The number of benzene rings is 3. The fourth-order valence-electron chi connectivity index (χ4n) is 4.25. The second kappa shape index (κ2) is 11.3. The highest BCUT2D eigenvalue weighted by Crippen LogP contribution is 2.36. The largest absolute Gasteiger partial charge is 0.493 e. The quantitative estimate of drug-likeness (QED) is 0.511. The van der Waals surface area contributed by atoms with Crippen molar-refractivity contribution < 1.29 is 14.3 Å². The maximum Gasteiger partial charge on any atom is 0.251 e. The first-order chi connectivity index (χ1) is 16.6. The minimum Gasteiger partial charge on any atom is -0.493 e. The lowest BCUT2D eigenvalue weighted by molar-refractivity contribution is 0.0950. The van der Waals surface area contributed by atoms with E-state index >= 15 is 0 Å². The van der Waals surface area contributed by atoms with Crippen LogP contribution >= 0.6 is 11.6 Å². The standard InChI is InChI=1S/C27H30ClN3O3/c1-33-25-17-22(16-24(28)26(25)34-2)27(32)29-18-20-8-6-7-9-21(20)19-30-12-14-31(15-13-30)23-10-4-3-5-11-23/h3-11,16-17H,12-15,18-19H2,1-2H3,(H,29,32). The molecule has 0 bridgehead atoms. The summed E-state index contributed by atoms with van der Waals surface area (Å²) in [6.07, 6.45) is 0. The highest BCUT2D eigenvalue weighted by Gasteiger charge is 2.19. The topological polar surface area (TPSA) is 54.0 Å². The molecule has 6 nitrogen and oxygen atoms in total. The number of amides is 1. The molecule has 1 heterocycles. The zero-order chi connectivity index (χ0) is 23.9. The number of rotatable bonds is 8. The number of halogens is 1. The predicted octanol–water partition coefficient (Wildman–Crippen LogP) is 4.61. The van der Waals surface area contributed by atoms with Crippen LogP contribution in [0.4, 0.5) is 5.69 Å². The number of nitrogens with zero attached hydrogens (tertiary/aromatic N) is 2. The number of methoxy groups -OCH3 is 2. The van der Waals surface area contributed by atoms with Crippen LogP contribution in [0, 0.1) is 0 Å². The van der Waals surface area contributed by atoms with Crippen molar-refractivity contribution in [3.63, 3.8) is 0 Å². The average Bonchev–Trinajstić information content (AvgIpc) is 2.88. The van der Waals surface area contributed by atoms with Gasteiger partial charge in [0.15, 0.2) is 11.5 Å². The number of piperazine rings is 1. The van der Waals surface area contributed by atoms with Crippen molar-refractivity contribution in [2.45, 2.75) is 13.1 Å². The molecular formula is C27H30ClN3O3. The second-order valence-electron chi connectivity index (χ2n) is 8.24. The van der Waals surface area contributed by atoms with Crippen molar-refractivity contribution in [3.8, 4) is 11.5 Å². The van der Waals surface area contributed by atoms with Crippen LogP contribution in [0.5, 0.6) is 11.5 Å². The Labute approximate surface area is 206 Å². The third-order valence-electron chi connectivity index (χ3n) is 6.14. The molecule has 178 valence electrons. The smallest absolute Gasteiger partial charge is 0.251 e. The first-order valence-electron chi connectivity index (χ1n) is 11.4. The molecule has 0 unspecified atom stereocenters. The summed E-state index contributed by atoms with van der Waals surface area (Å²) in [5.74, 6) is 0.628. The normalized spacial score (nSPS) is 14.0. The number of carbonyl (C=O) groups is 1. The summed E-state index contributed by atoms with van der Waals surface area (Å²) in [4.78, 5) is 17.7. The SMILES string of the molecule is COc1cc(C(=O)NCc2ccccc2CN2CCN(c3ccccc3)CC2)cc(Cl)c1OC. The first-order valence-corrected chi connectivity index (χ1v) is 11.8. The maximum absolute atomic E-state index is 12.8. The molecule has 3 aromatic carbocycles. The van der Waals surface area contributed by atoms with Crippen molar-refractivity contribution in [2.75, 3.05) is 45.3 Å². The zero-order valence-electron chi connectivity index (χ0n) is 19.6. The summed E-state index contributed by atoms with van der Waals surface area (Å²) in [6.45, 7) is 5.30. The molecule has 3 aromatic rings. The number of hydrogen-bond donors (Lipinski definition) is 1. The maximum atomic E-state index is 12.8. The lowest BCUT2D eigenvalue weighted by atomic mass is 10.1. The van der Waals surface area contributed by atoms with Gasteiger partial charge in [0.25, 0.3) is 5.91 Å². The molecule has 0 radical (unpaired) electrons. The van der Waals surface area contributed by atoms with Crippen LogP contribution < -0.4 is 19.7 Å². The van der Waals surface area contributed by atoms with E-state index in [2.05, 4.69) is 63.6 Å². The Bertz CT molecular complexity index is 1120. The first kappa shape index (κ1) is 23.9. The van der Waals surface area contributed by atoms with Gasteiger partial charge in [-0.15, -0.1) is 0 Å². The minimum atomic E-state index is -0.214. The van der Waals surface area contributed by atoms with Gasteiger partial charge in [-0.25, -0.2) is 0 Å². The zero-order valence-corrected chi connectivity index (χ0v) is 20.3. The van der Waals surface area contributed by atoms with E-state index in [1.165, 1.54) is 25.5 Å². The van der Waals surface area contributed by atoms with Crippen molar-refractivity contribution in [1.29, 1.82) is 0 Å². The molecule has 0 saturated carbocycles. The van der Waals surface area contributed by atoms with E-state index in [0.717, 1.165) is 38.3 Å². The molecule has 1 fully saturated rings. The second-order valence-corrected chi connectivity index (χ2v) is 8.65. The molecule has 1 N–H and O–H groups in total. The van der Waals surface area contributed by atoms with E-state index in [1.54, 1.807) is 12.1 Å². The van der Waals surface area contributed by atoms with E-state index in [0.29, 0.717) is 28.6 Å². The van der Waals surface area contributed by atoms with Crippen LogP contribution in [-0.4, -0.2) is 51.2 Å². The van der Waals surface area contributed by atoms with Crippen LogP contribution in [0.3, 0.4) is 0 Å². The summed E-state index contributed by atoms with van der Waals surface area (Å²) in [5.41, 5.74) is 4.03. The fraction of sp³-hybridized carbons (Fsp3) is 0.296. The lowest BCUT2D eigenvalue weighted by Crippen LogP contribution is -2.46. The lowest BCUT2D eigenvalue weighted by Gasteiger charge is -2.36. The van der Waals surface area contributed by atoms with Gasteiger partial charge in [0.05, 0.1) is 19.2 Å². The van der Waals surface area contributed by atoms with E-state index in [1.807, 2.05) is 6.07 Å². The average molecular weight is 480 g/mol. The molecule has 1 saturated heterocycles. The molecule has 0 spiro atoms. The monoisotopic (exact) mass is 479 g/mol. The van der Waals surface area contributed by atoms with E-state index in [4.69, 9.17) is 21.1 Å². The molecule has 0 atom stereocenters. The third kappa shape index (κ3) is 5.64. The Balaban J connectivity index is 1.37. The van der Waals surface area contributed by atoms with Crippen LogP contribution in [-0.2, 0) is 13.1 Å². The van der Waals surface area contributed by atoms with Crippen molar-refractivity contribution >= 4 is 23.2 Å². The number of hydrogen-bond acceptors (Lipinski definition) is 5. The van der Waals surface area contributed by atoms with Gasteiger partial charge in [0.1, 0.15) is 0 Å². The van der Waals surface area contributed by atoms with E-state index < -0.39 is 0 Å². The van der Waals surface area contributed by atoms with Crippen molar-refractivity contribution in [2.24, 2.45) is 0 Å². The molecule has 0 aliphatic carbocycles.